The summed E-state index contributed by atoms with van der Waals surface area (Å²) in [6.07, 6.45) is 0. The van der Waals surface area contributed by atoms with Crippen molar-refractivity contribution in [2.45, 2.75) is 13.8 Å². The van der Waals surface area contributed by atoms with E-state index in [1.54, 1.807) is 0 Å². The van der Waals surface area contributed by atoms with Crippen molar-refractivity contribution in [3.05, 3.63) is 0 Å². The van der Waals surface area contributed by atoms with Crippen molar-refractivity contribution in [2.75, 3.05) is 0 Å². The second-order valence-corrected chi connectivity index (χ2v) is 3.52. The third kappa shape index (κ3) is 0.426. The first-order chi connectivity index (χ1) is 4.55. The van der Waals surface area contributed by atoms with Crippen LogP contribution in [0, 0.1) is 17.3 Å². The first-order valence-electron chi connectivity index (χ1n) is 3.30. The molecule has 1 aliphatic heterocycles. The number of fused-ring (bicyclic) bond motifs is 1. The Kier molecular flexibility index (Phi) is 0.743. The Bertz CT molecular complexity index is 207. The highest BCUT2D eigenvalue weighted by molar-refractivity contribution is 6.02. The Morgan fingerprint density at radius 3 is 1.80 bits per heavy atom. The molecular weight excluding hydrogens is 132 g/mol. The third-order valence-corrected chi connectivity index (χ3v) is 2.54. The van der Waals surface area contributed by atoms with Crippen molar-refractivity contribution in [1.29, 1.82) is 0 Å². The van der Waals surface area contributed by atoms with Crippen molar-refractivity contribution < 1.29 is 14.3 Å². The molecule has 2 rings (SSSR count). The molecule has 0 aromatic rings. The molecule has 10 heavy (non-hydrogen) atoms. The minimum absolute atomic E-state index is 0.119. The first-order valence-corrected chi connectivity index (χ1v) is 3.30. The zero-order chi connectivity index (χ0) is 7.52. The highest BCUT2D eigenvalue weighted by atomic mass is 16.6. The number of ether oxygens (including phenoxy) is 1. The number of esters is 2. The molecule has 2 atom stereocenters. The number of carbonyl (C=O) groups is 2. The molecule has 1 saturated carbocycles. The monoisotopic (exact) mass is 140 g/mol. The Hall–Kier alpha value is -0.860. The van der Waals surface area contributed by atoms with E-state index in [9.17, 15) is 9.59 Å². The lowest BCUT2D eigenvalue weighted by Crippen LogP contribution is -2.14. The summed E-state index contributed by atoms with van der Waals surface area (Å²) in [5.74, 6) is -0.944. The highest BCUT2D eigenvalue weighted by Gasteiger charge is 2.72. The van der Waals surface area contributed by atoms with Crippen LogP contribution in [0.3, 0.4) is 0 Å². The standard InChI is InChI=1S/C7H8O3/c1-7(2)3-4(7)6(9)10-5(3)8/h3-4H,1-2H3. The van der Waals surface area contributed by atoms with Gasteiger partial charge in [-0.3, -0.25) is 9.59 Å². The van der Waals surface area contributed by atoms with Crippen LogP contribution < -0.4 is 0 Å². The van der Waals surface area contributed by atoms with Crippen LogP contribution in [0.2, 0.25) is 0 Å². The summed E-state index contributed by atoms with van der Waals surface area (Å²) in [4.78, 5) is 21.6. The van der Waals surface area contributed by atoms with Crippen LogP contribution in [0.5, 0.6) is 0 Å². The van der Waals surface area contributed by atoms with Gasteiger partial charge in [0.25, 0.3) is 0 Å². The quantitative estimate of drug-likeness (QED) is 0.360. The zero-order valence-corrected chi connectivity index (χ0v) is 5.88. The van der Waals surface area contributed by atoms with E-state index < -0.39 is 0 Å². The number of cyclic esters (lactones) is 2. The number of hydrogen-bond acceptors (Lipinski definition) is 3. The summed E-state index contributed by atoms with van der Waals surface area (Å²) in [5.41, 5.74) is -0.119. The Morgan fingerprint density at radius 1 is 1.20 bits per heavy atom. The molecule has 0 bridgehead atoms. The Balaban J connectivity index is 2.34. The number of rotatable bonds is 0. The van der Waals surface area contributed by atoms with E-state index in [0.717, 1.165) is 0 Å². The fraction of sp³-hybridized carbons (Fsp3) is 0.714. The van der Waals surface area contributed by atoms with Crippen molar-refractivity contribution >= 4 is 11.9 Å². The molecule has 1 aliphatic carbocycles. The average Bonchev–Trinajstić information content (AvgIpc) is 2.17. The summed E-state index contributed by atoms with van der Waals surface area (Å²) in [6, 6.07) is 0. The molecule has 3 nitrogen and oxygen atoms in total. The average molecular weight is 140 g/mol. The largest absolute Gasteiger partial charge is 0.393 e. The fourth-order valence-corrected chi connectivity index (χ4v) is 1.74. The first kappa shape index (κ1) is 5.89. The van der Waals surface area contributed by atoms with Crippen molar-refractivity contribution in [3.63, 3.8) is 0 Å². The predicted octanol–water partition coefficient (Wildman–Crippen LogP) is 0.342. The van der Waals surface area contributed by atoms with Gasteiger partial charge in [0.2, 0.25) is 0 Å². The van der Waals surface area contributed by atoms with Gasteiger partial charge in [-0.05, 0) is 5.41 Å². The lowest BCUT2D eigenvalue weighted by molar-refractivity contribution is -0.157. The van der Waals surface area contributed by atoms with Crippen molar-refractivity contribution in [1.82, 2.24) is 0 Å². The summed E-state index contributed by atoms with van der Waals surface area (Å²) < 4.78 is 4.38. The molecule has 0 N–H and O–H groups in total. The lowest BCUT2D eigenvalue weighted by atomic mass is 10.1. The molecule has 2 unspecified atom stereocenters. The van der Waals surface area contributed by atoms with Gasteiger partial charge in [-0.25, -0.2) is 0 Å². The van der Waals surface area contributed by atoms with Crippen LogP contribution in [0.25, 0.3) is 0 Å². The molecule has 0 aromatic carbocycles. The summed E-state index contributed by atoms with van der Waals surface area (Å²) in [7, 11) is 0. The second-order valence-electron chi connectivity index (χ2n) is 3.52. The molecule has 1 heterocycles. The zero-order valence-electron chi connectivity index (χ0n) is 5.88. The minimum Gasteiger partial charge on any atom is -0.393 e. The normalized spacial score (nSPS) is 41.0. The number of hydrogen-bond donors (Lipinski definition) is 0. The molecule has 0 aromatic heterocycles. The van der Waals surface area contributed by atoms with Gasteiger partial charge in [-0.15, -0.1) is 0 Å². The van der Waals surface area contributed by atoms with Gasteiger partial charge in [0.1, 0.15) is 0 Å². The molecular formula is C7H8O3. The smallest absolute Gasteiger partial charge is 0.318 e. The van der Waals surface area contributed by atoms with Crippen LogP contribution in [-0.2, 0) is 14.3 Å². The molecule has 54 valence electrons. The molecule has 0 spiro atoms. The topological polar surface area (TPSA) is 43.4 Å². The van der Waals surface area contributed by atoms with E-state index in [1.165, 1.54) is 0 Å². The summed E-state index contributed by atoms with van der Waals surface area (Å²) in [6.45, 7) is 3.83. The van der Waals surface area contributed by atoms with Gasteiger partial charge in [0.15, 0.2) is 0 Å². The second kappa shape index (κ2) is 1.26. The van der Waals surface area contributed by atoms with E-state index in [0.29, 0.717) is 0 Å². The van der Waals surface area contributed by atoms with E-state index in [-0.39, 0.29) is 29.2 Å². The predicted molar refractivity (Wildman–Crippen MR) is 31.9 cm³/mol. The van der Waals surface area contributed by atoms with Gasteiger partial charge in [0.05, 0.1) is 11.8 Å². The Morgan fingerprint density at radius 2 is 1.60 bits per heavy atom. The van der Waals surface area contributed by atoms with Gasteiger partial charge < -0.3 is 4.74 Å². The molecule has 0 radical (unpaired) electrons. The highest BCUT2D eigenvalue weighted by Crippen LogP contribution is 2.62. The van der Waals surface area contributed by atoms with Gasteiger partial charge in [-0.1, -0.05) is 13.8 Å². The van der Waals surface area contributed by atoms with Crippen LogP contribution in [0.15, 0.2) is 0 Å². The van der Waals surface area contributed by atoms with E-state index in [4.69, 9.17) is 0 Å². The summed E-state index contributed by atoms with van der Waals surface area (Å²) >= 11 is 0. The van der Waals surface area contributed by atoms with Crippen LogP contribution in [0.4, 0.5) is 0 Å². The van der Waals surface area contributed by atoms with Gasteiger partial charge >= 0.3 is 11.9 Å². The SMILES string of the molecule is CC1(C)C2C(=O)OC(=O)C21. The maximum Gasteiger partial charge on any atom is 0.318 e. The van der Waals surface area contributed by atoms with Gasteiger partial charge in [-0.2, -0.15) is 0 Å². The molecule has 3 heteroatoms. The van der Waals surface area contributed by atoms with Crippen molar-refractivity contribution in [3.8, 4) is 0 Å². The fourth-order valence-electron chi connectivity index (χ4n) is 1.74. The number of carbonyl (C=O) groups excluding carboxylic acids is 2. The van der Waals surface area contributed by atoms with E-state index >= 15 is 0 Å². The van der Waals surface area contributed by atoms with Gasteiger partial charge in [0, 0.05) is 0 Å². The van der Waals surface area contributed by atoms with Crippen LogP contribution in [-0.4, -0.2) is 11.9 Å². The van der Waals surface area contributed by atoms with E-state index in [1.807, 2.05) is 13.8 Å². The molecule has 1 saturated heterocycles. The molecule has 2 aliphatic rings. The minimum atomic E-state index is -0.333. The van der Waals surface area contributed by atoms with Crippen LogP contribution in [0.1, 0.15) is 13.8 Å². The summed E-state index contributed by atoms with van der Waals surface area (Å²) in [5, 5.41) is 0. The van der Waals surface area contributed by atoms with Crippen molar-refractivity contribution in [2.24, 2.45) is 17.3 Å². The van der Waals surface area contributed by atoms with Crippen LogP contribution >= 0.6 is 0 Å². The van der Waals surface area contributed by atoms with E-state index in [2.05, 4.69) is 4.74 Å². The maximum absolute atomic E-state index is 10.8. The third-order valence-electron chi connectivity index (χ3n) is 2.54. The molecule has 0 amide bonds. The maximum atomic E-state index is 10.8. The Labute approximate surface area is 58.4 Å². The lowest BCUT2D eigenvalue weighted by Gasteiger charge is -2.04. The molecule has 2 fully saturated rings.